The average molecular weight is 334 g/mol. The molecule has 0 atom stereocenters. The third-order valence-electron chi connectivity index (χ3n) is 4.06. The maximum Gasteiger partial charge on any atom is 0.276 e. The second-order valence-electron chi connectivity index (χ2n) is 5.65. The Morgan fingerprint density at radius 1 is 1.30 bits per heavy atom. The number of β-amino-alcohol motifs (C(OH)–C–C–N with tert-alkyl or cyclic N) is 1. The molecule has 23 heavy (non-hydrogen) atoms. The number of aliphatic hydroxyl groups is 1. The third-order valence-corrected chi connectivity index (χ3v) is 5.71. The number of aryl methyl sites for hydroxylation is 1. The van der Waals surface area contributed by atoms with Crippen molar-refractivity contribution >= 4 is 21.0 Å². The molecule has 1 aliphatic rings. The van der Waals surface area contributed by atoms with Crippen molar-refractivity contribution in [2.24, 2.45) is 7.05 Å². The lowest BCUT2D eigenvalue weighted by Gasteiger charge is -2.44. The van der Waals surface area contributed by atoms with Crippen LogP contribution in [0.5, 0.6) is 0 Å². The number of nitrogens with zero attached hydrogens (tertiary/aromatic N) is 4. The lowest BCUT2D eigenvalue weighted by molar-refractivity contribution is -0.0711. The molecule has 0 radical (unpaired) electrons. The fraction of sp³-hybridized carbons (Fsp3) is 0.286. The minimum absolute atomic E-state index is 0.0619. The molecule has 0 amide bonds. The number of sulfonamides is 1. The molecule has 1 saturated heterocycles. The monoisotopic (exact) mass is 334 g/mol. The Balaban J connectivity index is 1.63. The highest BCUT2D eigenvalue weighted by atomic mass is 32.2. The number of aromatic nitrogens is 3. The Morgan fingerprint density at radius 3 is 2.70 bits per heavy atom. The first kappa shape index (κ1) is 14.4. The molecule has 0 unspecified atom stereocenters. The van der Waals surface area contributed by atoms with Crippen LogP contribution in [0, 0.1) is 0 Å². The van der Waals surface area contributed by atoms with E-state index in [4.69, 9.17) is 4.42 Å². The molecule has 3 aromatic rings. The average Bonchev–Trinajstić information content (AvgIpc) is 3.10. The summed E-state index contributed by atoms with van der Waals surface area (Å²) in [5.41, 5.74) is -0.289. The van der Waals surface area contributed by atoms with Crippen molar-refractivity contribution in [3.05, 3.63) is 42.2 Å². The molecule has 8 nitrogen and oxygen atoms in total. The van der Waals surface area contributed by atoms with E-state index in [1.165, 1.54) is 21.3 Å². The van der Waals surface area contributed by atoms with Gasteiger partial charge in [-0.2, -0.15) is 4.31 Å². The number of hydrogen-bond donors (Lipinski definition) is 1. The summed E-state index contributed by atoms with van der Waals surface area (Å²) in [7, 11) is -2.13. The van der Waals surface area contributed by atoms with Crippen LogP contribution in [-0.2, 0) is 22.7 Å². The van der Waals surface area contributed by atoms with E-state index in [0.717, 1.165) is 5.39 Å². The first-order valence-electron chi connectivity index (χ1n) is 6.96. The molecule has 1 N–H and O–H groups in total. The highest BCUT2D eigenvalue weighted by Gasteiger charge is 2.51. The number of hydrogen-bond acceptors (Lipinski definition) is 6. The van der Waals surface area contributed by atoms with Crippen LogP contribution in [0.3, 0.4) is 0 Å². The Bertz CT molecular complexity index is 952. The van der Waals surface area contributed by atoms with Crippen LogP contribution in [-0.4, -0.2) is 45.9 Å². The summed E-state index contributed by atoms with van der Waals surface area (Å²) in [5.74, 6) is 0. The zero-order valence-corrected chi connectivity index (χ0v) is 13.1. The first-order valence-corrected chi connectivity index (χ1v) is 8.40. The fourth-order valence-corrected chi connectivity index (χ4v) is 4.28. The summed E-state index contributed by atoms with van der Waals surface area (Å²) in [6.45, 7) is -0.124. The van der Waals surface area contributed by atoms with Gasteiger partial charge in [0.1, 0.15) is 11.2 Å². The van der Waals surface area contributed by atoms with Crippen LogP contribution in [0.2, 0.25) is 0 Å². The summed E-state index contributed by atoms with van der Waals surface area (Å²) in [6.07, 6.45) is 1.44. The largest absolute Gasteiger partial charge is 0.443 e. The fourth-order valence-electron chi connectivity index (χ4n) is 2.79. The molecule has 0 spiro atoms. The van der Waals surface area contributed by atoms with E-state index >= 15 is 0 Å². The van der Waals surface area contributed by atoms with Crippen LogP contribution in [0.4, 0.5) is 0 Å². The van der Waals surface area contributed by atoms with Gasteiger partial charge < -0.3 is 9.52 Å². The van der Waals surface area contributed by atoms with Gasteiger partial charge in [0, 0.05) is 18.5 Å². The van der Waals surface area contributed by atoms with Crippen molar-refractivity contribution in [2.45, 2.75) is 10.7 Å². The highest BCUT2D eigenvalue weighted by Crippen LogP contribution is 2.36. The predicted octanol–water partition coefficient (Wildman–Crippen LogP) is 0.453. The topological polar surface area (TPSA) is 101 Å². The maximum absolute atomic E-state index is 12.6. The van der Waals surface area contributed by atoms with Gasteiger partial charge in [-0.3, -0.25) is 0 Å². The number of furan rings is 1. The Morgan fingerprint density at radius 2 is 2.04 bits per heavy atom. The molecule has 2 aromatic heterocycles. The SMILES string of the molecule is Cn1nncc1C1(O)CN(S(=O)(=O)c2cc3ccccc3o2)C1. The maximum atomic E-state index is 12.6. The molecule has 120 valence electrons. The summed E-state index contributed by atoms with van der Waals surface area (Å²) >= 11 is 0. The van der Waals surface area contributed by atoms with Crippen molar-refractivity contribution in [1.29, 1.82) is 0 Å². The summed E-state index contributed by atoms with van der Waals surface area (Å²) < 4.78 is 33.3. The van der Waals surface area contributed by atoms with Crippen LogP contribution < -0.4 is 0 Å². The number of rotatable bonds is 3. The van der Waals surface area contributed by atoms with Gasteiger partial charge in [0.2, 0.25) is 5.09 Å². The summed E-state index contributed by atoms with van der Waals surface area (Å²) in [5, 5.41) is 18.6. The number of fused-ring (bicyclic) bond motifs is 1. The van der Waals surface area contributed by atoms with Crippen LogP contribution >= 0.6 is 0 Å². The van der Waals surface area contributed by atoms with Crippen LogP contribution in [0.25, 0.3) is 11.0 Å². The molecule has 0 aliphatic carbocycles. The molecule has 3 heterocycles. The van der Waals surface area contributed by atoms with Crippen molar-refractivity contribution in [2.75, 3.05) is 13.1 Å². The van der Waals surface area contributed by atoms with E-state index in [1.54, 1.807) is 25.2 Å². The zero-order chi connectivity index (χ0) is 16.2. The molecular formula is C14H14N4O4S. The van der Waals surface area contributed by atoms with Crippen molar-refractivity contribution in [1.82, 2.24) is 19.3 Å². The molecule has 4 rings (SSSR count). The quantitative estimate of drug-likeness (QED) is 0.746. The van der Waals surface area contributed by atoms with E-state index in [-0.39, 0.29) is 18.2 Å². The van der Waals surface area contributed by atoms with Crippen molar-refractivity contribution < 1.29 is 17.9 Å². The van der Waals surface area contributed by atoms with E-state index in [1.807, 2.05) is 6.07 Å². The van der Waals surface area contributed by atoms with Crippen molar-refractivity contribution in [3.63, 3.8) is 0 Å². The third kappa shape index (κ3) is 2.08. The Hall–Kier alpha value is -2.23. The Kier molecular flexibility index (Phi) is 2.89. The smallest absolute Gasteiger partial charge is 0.276 e. The minimum atomic E-state index is -3.78. The zero-order valence-electron chi connectivity index (χ0n) is 12.2. The number of para-hydroxylation sites is 1. The highest BCUT2D eigenvalue weighted by molar-refractivity contribution is 7.89. The molecule has 0 saturated carbocycles. The number of benzene rings is 1. The second kappa shape index (κ2) is 4.63. The van der Waals surface area contributed by atoms with Gasteiger partial charge in [0.25, 0.3) is 10.0 Å². The Labute approximate surface area is 132 Å². The van der Waals surface area contributed by atoms with E-state index in [2.05, 4.69) is 10.3 Å². The standard InChI is InChI=1S/C14H14N4O4S/c1-17-12(7-15-16-17)14(19)8-18(9-14)23(20,21)13-6-10-4-2-3-5-11(10)22-13/h2-7,19H,8-9H2,1H3. The van der Waals surface area contributed by atoms with Gasteiger partial charge in [-0.1, -0.05) is 23.4 Å². The van der Waals surface area contributed by atoms with Gasteiger partial charge >= 0.3 is 0 Å². The van der Waals surface area contributed by atoms with Gasteiger partial charge in [-0.15, -0.1) is 5.10 Å². The van der Waals surface area contributed by atoms with Gasteiger partial charge in [0.15, 0.2) is 0 Å². The van der Waals surface area contributed by atoms with Crippen LogP contribution in [0.1, 0.15) is 5.69 Å². The normalized spacial score (nSPS) is 18.2. The molecule has 1 aromatic carbocycles. The van der Waals surface area contributed by atoms with Gasteiger partial charge in [0.05, 0.1) is 25.0 Å². The summed E-state index contributed by atoms with van der Waals surface area (Å²) in [6, 6.07) is 8.58. The molecule has 9 heteroatoms. The van der Waals surface area contributed by atoms with E-state index in [9.17, 15) is 13.5 Å². The summed E-state index contributed by atoms with van der Waals surface area (Å²) in [4.78, 5) is 0. The molecular weight excluding hydrogens is 320 g/mol. The van der Waals surface area contributed by atoms with E-state index in [0.29, 0.717) is 11.3 Å². The van der Waals surface area contributed by atoms with E-state index < -0.39 is 15.6 Å². The first-order chi connectivity index (χ1) is 10.9. The van der Waals surface area contributed by atoms with Crippen LogP contribution in [0.15, 0.2) is 46.0 Å². The van der Waals surface area contributed by atoms with Crippen molar-refractivity contribution in [3.8, 4) is 0 Å². The minimum Gasteiger partial charge on any atom is -0.443 e. The molecule has 1 aliphatic heterocycles. The van der Waals surface area contributed by atoms with Gasteiger partial charge in [-0.25, -0.2) is 13.1 Å². The lowest BCUT2D eigenvalue weighted by atomic mass is 9.93. The molecule has 1 fully saturated rings. The molecule has 0 bridgehead atoms. The second-order valence-corrected chi connectivity index (χ2v) is 7.52. The predicted molar refractivity (Wildman–Crippen MR) is 79.9 cm³/mol. The lowest BCUT2D eigenvalue weighted by Crippen LogP contribution is -2.61. The van der Waals surface area contributed by atoms with Gasteiger partial charge in [-0.05, 0) is 6.07 Å².